The van der Waals surface area contributed by atoms with Crippen molar-refractivity contribution in [2.75, 3.05) is 0 Å². The van der Waals surface area contributed by atoms with Crippen LogP contribution < -0.4 is 5.32 Å². The minimum Gasteiger partial charge on any atom is -0.446 e. The molecule has 1 amide bonds. The van der Waals surface area contributed by atoms with Crippen LogP contribution in [0.15, 0.2) is 18.7 Å². The largest absolute Gasteiger partial charge is 0.446 e. The third kappa shape index (κ3) is 3.40. The molecule has 3 nitrogen and oxygen atoms in total. The number of halogens is 2. The summed E-state index contributed by atoms with van der Waals surface area (Å²) in [5.74, 6) is 0. The van der Waals surface area contributed by atoms with Gasteiger partial charge in [-0.25, -0.2) is 4.79 Å². The first-order valence-electron chi connectivity index (χ1n) is 5.65. The number of nitrogens with one attached hydrogen (secondary N) is 1. The van der Waals surface area contributed by atoms with Gasteiger partial charge in [-0.1, -0.05) is 35.9 Å². The molecule has 1 saturated carbocycles. The molecule has 1 aromatic rings. The zero-order valence-corrected chi connectivity index (χ0v) is 11.2. The molecule has 0 saturated heterocycles. The SMILES string of the molecule is C=Cc1cc(Cl)c(Cl)c(CNC(=O)OC2CC2)c1. The fourth-order valence-electron chi connectivity index (χ4n) is 1.46. The first-order valence-corrected chi connectivity index (χ1v) is 6.40. The number of hydrogen-bond acceptors (Lipinski definition) is 2. The first kappa shape index (κ1) is 13.2. The molecule has 0 unspecified atom stereocenters. The topological polar surface area (TPSA) is 38.3 Å². The van der Waals surface area contributed by atoms with E-state index in [4.69, 9.17) is 27.9 Å². The molecule has 0 heterocycles. The maximum atomic E-state index is 11.4. The van der Waals surface area contributed by atoms with Gasteiger partial charge >= 0.3 is 6.09 Å². The van der Waals surface area contributed by atoms with E-state index in [9.17, 15) is 4.79 Å². The summed E-state index contributed by atoms with van der Waals surface area (Å²) in [4.78, 5) is 11.4. The number of carbonyl (C=O) groups excluding carboxylic acids is 1. The predicted octanol–water partition coefficient (Wildman–Crippen LogP) is 4.03. The van der Waals surface area contributed by atoms with Gasteiger partial charge in [0.2, 0.25) is 0 Å². The van der Waals surface area contributed by atoms with Crippen molar-refractivity contribution in [2.24, 2.45) is 0 Å². The van der Waals surface area contributed by atoms with E-state index in [-0.39, 0.29) is 12.6 Å². The van der Waals surface area contributed by atoms with Gasteiger partial charge in [-0.3, -0.25) is 0 Å². The summed E-state index contributed by atoms with van der Waals surface area (Å²) in [5, 5.41) is 3.54. The molecule has 0 aromatic heterocycles. The maximum absolute atomic E-state index is 11.4. The maximum Gasteiger partial charge on any atom is 0.407 e. The summed E-state index contributed by atoms with van der Waals surface area (Å²) < 4.78 is 5.06. The van der Waals surface area contributed by atoms with Gasteiger partial charge < -0.3 is 10.1 Å². The lowest BCUT2D eigenvalue weighted by atomic mass is 10.1. The number of benzene rings is 1. The summed E-state index contributed by atoms with van der Waals surface area (Å²) in [6.07, 6.45) is 3.24. The zero-order valence-electron chi connectivity index (χ0n) is 9.71. The number of ether oxygens (including phenoxy) is 1. The normalized spacial score (nSPS) is 14.1. The third-order valence-corrected chi connectivity index (χ3v) is 3.42. The van der Waals surface area contributed by atoms with Crippen molar-refractivity contribution in [1.82, 2.24) is 5.32 Å². The average Bonchev–Trinajstić information content (AvgIpc) is 3.14. The van der Waals surface area contributed by atoms with E-state index in [1.807, 2.05) is 6.07 Å². The smallest absolute Gasteiger partial charge is 0.407 e. The van der Waals surface area contributed by atoms with Crippen molar-refractivity contribution in [1.29, 1.82) is 0 Å². The standard InChI is InChI=1S/C13H13Cl2NO2/c1-2-8-5-9(12(15)11(14)6-8)7-16-13(17)18-10-3-4-10/h2,5-6,10H,1,3-4,7H2,(H,16,17). The van der Waals surface area contributed by atoms with Crippen LogP contribution in [0.4, 0.5) is 4.79 Å². The van der Waals surface area contributed by atoms with Crippen molar-refractivity contribution in [2.45, 2.75) is 25.5 Å². The van der Waals surface area contributed by atoms with Crippen molar-refractivity contribution in [3.8, 4) is 0 Å². The van der Waals surface area contributed by atoms with Crippen molar-refractivity contribution in [3.63, 3.8) is 0 Å². The van der Waals surface area contributed by atoms with Crippen LogP contribution in [0.1, 0.15) is 24.0 Å². The highest BCUT2D eigenvalue weighted by Crippen LogP contribution is 2.28. The highest BCUT2D eigenvalue weighted by atomic mass is 35.5. The van der Waals surface area contributed by atoms with Crippen molar-refractivity contribution in [3.05, 3.63) is 39.9 Å². The van der Waals surface area contributed by atoms with Gasteiger partial charge in [-0.15, -0.1) is 0 Å². The highest BCUT2D eigenvalue weighted by molar-refractivity contribution is 6.42. The highest BCUT2D eigenvalue weighted by Gasteiger charge is 2.25. The molecular weight excluding hydrogens is 273 g/mol. The van der Waals surface area contributed by atoms with Crippen LogP contribution in [0.2, 0.25) is 10.0 Å². The van der Waals surface area contributed by atoms with Gasteiger partial charge in [0.25, 0.3) is 0 Å². The Hall–Kier alpha value is -1.19. The first-order chi connectivity index (χ1) is 8.60. The Morgan fingerprint density at radius 2 is 2.22 bits per heavy atom. The molecule has 18 heavy (non-hydrogen) atoms. The molecule has 1 aromatic carbocycles. The monoisotopic (exact) mass is 285 g/mol. The summed E-state index contributed by atoms with van der Waals surface area (Å²) in [6.45, 7) is 3.96. The van der Waals surface area contributed by atoms with E-state index in [0.29, 0.717) is 10.0 Å². The van der Waals surface area contributed by atoms with Gasteiger partial charge in [0, 0.05) is 6.54 Å². The minimum absolute atomic E-state index is 0.0866. The van der Waals surface area contributed by atoms with E-state index in [2.05, 4.69) is 11.9 Å². The number of hydrogen-bond donors (Lipinski definition) is 1. The molecule has 96 valence electrons. The number of rotatable bonds is 4. The number of carbonyl (C=O) groups is 1. The van der Waals surface area contributed by atoms with Gasteiger partial charge in [0.15, 0.2) is 0 Å². The molecule has 1 aliphatic rings. The van der Waals surface area contributed by atoms with Crippen molar-refractivity contribution < 1.29 is 9.53 Å². The van der Waals surface area contributed by atoms with Crippen LogP contribution >= 0.6 is 23.2 Å². The molecule has 1 N–H and O–H groups in total. The Balaban J connectivity index is 2.00. The van der Waals surface area contributed by atoms with Crippen LogP contribution in [-0.4, -0.2) is 12.2 Å². The molecule has 0 radical (unpaired) electrons. The second-order valence-corrected chi connectivity index (χ2v) is 4.92. The molecule has 0 atom stereocenters. The molecule has 0 spiro atoms. The molecule has 2 rings (SSSR count). The quantitative estimate of drug-likeness (QED) is 0.907. The fraction of sp³-hybridized carbons (Fsp3) is 0.308. The molecule has 5 heteroatoms. The lowest BCUT2D eigenvalue weighted by molar-refractivity contribution is 0.138. The van der Waals surface area contributed by atoms with E-state index in [1.54, 1.807) is 12.1 Å². The fourth-order valence-corrected chi connectivity index (χ4v) is 1.89. The summed E-state index contributed by atoms with van der Waals surface area (Å²) >= 11 is 12.0. The number of alkyl carbamates (subject to hydrolysis) is 1. The molecule has 0 aliphatic heterocycles. The van der Waals surface area contributed by atoms with Crippen LogP contribution in [0.25, 0.3) is 6.08 Å². The van der Waals surface area contributed by atoms with Gasteiger partial charge in [0.05, 0.1) is 10.0 Å². The molecular formula is C13H13Cl2NO2. The van der Waals surface area contributed by atoms with Crippen LogP contribution in [-0.2, 0) is 11.3 Å². The van der Waals surface area contributed by atoms with Crippen LogP contribution in [0.5, 0.6) is 0 Å². The van der Waals surface area contributed by atoms with Gasteiger partial charge in [-0.2, -0.15) is 0 Å². The second-order valence-electron chi connectivity index (χ2n) is 4.14. The number of amides is 1. The Kier molecular flexibility index (Phi) is 4.15. The summed E-state index contributed by atoms with van der Waals surface area (Å²) in [7, 11) is 0. The second kappa shape index (κ2) is 5.63. The zero-order chi connectivity index (χ0) is 13.1. The van der Waals surface area contributed by atoms with Gasteiger partial charge in [-0.05, 0) is 36.1 Å². The lowest BCUT2D eigenvalue weighted by Crippen LogP contribution is -2.24. The Morgan fingerprint density at radius 1 is 1.50 bits per heavy atom. The Morgan fingerprint density at radius 3 is 2.83 bits per heavy atom. The third-order valence-electron chi connectivity index (χ3n) is 2.58. The van der Waals surface area contributed by atoms with Gasteiger partial charge in [0.1, 0.15) is 6.10 Å². The lowest BCUT2D eigenvalue weighted by Gasteiger charge is -2.09. The average molecular weight is 286 g/mol. The Labute approximate surface area is 116 Å². The Bertz CT molecular complexity index is 484. The molecule has 1 fully saturated rings. The van der Waals surface area contributed by atoms with E-state index in [0.717, 1.165) is 24.0 Å². The summed E-state index contributed by atoms with van der Waals surface area (Å²) in [5.41, 5.74) is 1.60. The van der Waals surface area contributed by atoms with E-state index < -0.39 is 6.09 Å². The predicted molar refractivity (Wildman–Crippen MR) is 72.9 cm³/mol. The minimum atomic E-state index is -0.423. The van der Waals surface area contributed by atoms with E-state index >= 15 is 0 Å². The molecule has 1 aliphatic carbocycles. The molecule has 0 bridgehead atoms. The van der Waals surface area contributed by atoms with Crippen LogP contribution in [0, 0.1) is 0 Å². The van der Waals surface area contributed by atoms with Crippen LogP contribution in [0.3, 0.4) is 0 Å². The van der Waals surface area contributed by atoms with Crippen molar-refractivity contribution >= 4 is 35.4 Å². The van der Waals surface area contributed by atoms with E-state index in [1.165, 1.54) is 0 Å². The summed E-state index contributed by atoms with van der Waals surface area (Å²) in [6, 6.07) is 3.56.